The number of rotatable bonds is 4. The van der Waals surface area contributed by atoms with Gasteiger partial charge >= 0.3 is 0 Å². The summed E-state index contributed by atoms with van der Waals surface area (Å²) >= 11 is 0. The monoisotopic (exact) mass is 162 g/mol. The van der Waals surface area contributed by atoms with E-state index in [0.717, 1.165) is 6.42 Å². The average molecular weight is 162 g/mol. The van der Waals surface area contributed by atoms with Crippen LogP contribution in [0.2, 0.25) is 0 Å². The van der Waals surface area contributed by atoms with Gasteiger partial charge < -0.3 is 4.52 Å². The summed E-state index contributed by atoms with van der Waals surface area (Å²) in [5, 5.41) is 0. The highest BCUT2D eigenvalue weighted by Crippen LogP contribution is 2.40. The van der Waals surface area contributed by atoms with Crippen molar-refractivity contribution in [1.29, 1.82) is 0 Å². The van der Waals surface area contributed by atoms with Crippen LogP contribution in [0.4, 0.5) is 0 Å². The Morgan fingerprint density at radius 2 is 2.10 bits per heavy atom. The Morgan fingerprint density at radius 3 is 2.50 bits per heavy atom. The van der Waals surface area contributed by atoms with E-state index in [9.17, 15) is 4.57 Å². The van der Waals surface area contributed by atoms with E-state index in [1.807, 2.05) is 19.1 Å². The maximum Gasteiger partial charge on any atom is 0.203 e. The van der Waals surface area contributed by atoms with Crippen molar-refractivity contribution < 1.29 is 9.09 Å². The molecule has 0 rings (SSSR count). The minimum atomic E-state index is -2.29. The van der Waals surface area contributed by atoms with Crippen molar-refractivity contribution >= 4 is 7.37 Å². The summed E-state index contributed by atoms with van der Waals surface area (Å²) in [5.74, 6) is 0. The van der Waals surface area contributed by atoms with Gasteiger partial charge in [-0.1, -0.05) is 19.1 Å². The standard InChI is InChI=1S/C7H15O2P/c1-4-5-6-7-10(3,8)9-2/h5-6H,4,7H2,1-3H3/b6-5+. The summed E-state index contributed by atoms with van der Waals surface area (Å²) in [5.41, 5.74) is 0. The highest BCUT2D eigenvalue weighted by Gasteiger charge is 2.09. The zero-order valence-corrected chi connectivity index (χ0v) is 7.73. The van der Waals surface area contributed by atoms with Crippen LogP contribution in [0.1, 0.15) is 13.3 Å². The Morgan fingerprint density at radius 1 is 1.50 bits per heavy atom. The SMILES string of the molecule is CC/C=C/CP(C)(=O)OC. The van der Waals surface area contributed by atoms with Gasteiger partial charge in [0.1, 0.15) is 0 Å². The van der Waals surface area contributed by atoms with Crippen LogP contribution in [0.25, 0.3) is 0 Å². The van der Waals surface area contributed by atoms with Gasteiger partial charge in [-0.2, -0.15) is 0 Å². The normalized spacial score (nSPS) is 17.5. The molecule has 0 amide bonds. The summed E-state index contributed by atoms with van der Waals surface area (Å²) in [6.45, 7) is 3.69. The van der Waals surface area contributed by atoms with Gasteiger partial charge in [0.15, 0.2) is 0 Å². The topological polar surface area (TPSA) is 26.3 Å². The van der Waals surface area contributed by atoms with Crippen molar-refractivity contribution in [3.8, 4) is 0 Å². The van der Waals surface area contributed by atoms with Crippen molar-refractivity contribution in [2.75, 3.05) is 19.9 Å². The lowest BCUT2D eigenvalue weighted by Gasteiger charge is -2.05. The maximum atomic E-state index is 11.2. The van der Waals surface area contributed by atoms with Gasteiger partial charge in [0.25, 0.3) is 0 Å². The largest absolute Gasteiger partial charge is 0.332 e. The van der Waals surface area contributed by atoms with Crippen molar-refractivity contribution in [2.24, 2.45) is 0 Å². The lowest BCUT2D eigenvalue weighted by molar-refractivity contribution is 0.401. The van der Waals surface area contributed by atoms with E-state index in [4.69, 9.17) is 4.52 Å². The van der Waals surface area contributed by atoms with Gasteiger partial charge in [0.2, 0.25) is 7.37 Å². The van der Waals surface area contributed by atoms with Gasteiger partial charge in [0, 0.05) is 19.9 Å². The zero-order chi connectivity index (χ0) is 8.04. The van der Waals surface area contributed by atoms with E-state index in [-0.39, 0.29) is 0 Å². The summed E-state index contributed by atoms with van der Waals surface area (Å²) < 4.78 is 16.0. The Labute approximate surface area is 62.7 Å². The first-order valence-corrected chi connectivity index (χ1v) is 5.65. The molecule has 0 aliphatic carbocycles. The molecule has 60 valence electrons. The fourth-order valence-electron chi connectivity index (χ4n) is 0.507. The summed E-state index contributed by atoms with van der Waals surface area (Å²) in [4.78, 5) is 0. The Balaban J connectivity index is 3.68. The number of hydrogen-bond acceptors (Lipinski definition) is 2. The van der Waals surface area contributed by atoms with E-state index in [2.05, 4.69) is 0 Å². The molecule has 10 heavy (non-hydrogen) atoms. The number of hydrogen-bond donors (Lipinski definition) is 0. The van der Waals surface area contributed by atoms with E-state index in [0.29, 0.717) is 6.16 Å². The summed E-state index contributed by atoms with van der Waals surface area (Å²) in [6, 6.07) is 0. The predicted molar refractivity (Wildman–Crippen MR) is 44.8 cm³/mol. The van der Waals surface area contributed by atoms with Crippen LogP contribution < -0.4 is 0 Å². The molecule has 0 fully saturated rings. The molecule has 0 N–H and O–H groups in total. The van der Waals surface area contributed by atoms with E-state index in [1.165, 1.54) is 7.11 Å². The molecule has 0 radical (unpaired) electrons. The first kappa shape index (κ1) is 9.93. The molecule has 2 nitrogen and oxygen atoms in total. The lowest BCUT2D eigenvalue weighted by atomic mass is 10.4. The fourth-order valence-corrected chi connectivity index (χ4v) is 1.19. The van der Waals surface area contributed by atoms with E-state index in [1.54, 1.807) is 6.66 Å². The van der Waals surface area contributed by atoms with Crippen LogP contribution in [0.15, 0.2) is 12.2 Å². The average Bonchev–Trinajstić information content (AvgIpc) is 1.89. The molecule has 0 aliphatic rings. The second-order valence-electron chi connectivity index (χ2n) is 2.26. The second-order valence-corrected chi connectivity index (χ2v) is 5.02. The minimum absolute atomic E-state index is 0.553. The highest BCUT2D eigenvalue weighted by molar-refractivity contribution is 7.58. The molecule has 0 aliphatic heterocycles. The molecule has 1 unspecified atom stereocenters. The molecule has 0 aromatic heterocycles. The molecule has 0 heterocycles. The van der Waals surface area contributed by atoms with Crippen LogP contribution in [-0.4, -0.2) is 19.9 Å². The van der Waals surface area contributed by atoms with Gasteiger partial charge in [-0.15, -0.1) is 0 Å². The number of allylic oxidation sites excluding steroid dienone is 2. The minimum Gasteiger partial charge on any atom is -0.332 e. The van der Waals surface area contributed by atoms with Crippen molar-refractivity contribution in [2.45, 2.75) is 13.3 Å². The van der Waals surface area contributed by atoms with E-state index < -0.39 is 7.37 Å². The van der Waals surface area contributed by atoms with Gasteiger partial charge in [0.05, 0.1) is 0 Å². The third-order valence-electron chi connectivity index (χ3n) is 1.23. The van der Waals surface area contributed by atoms with Crippen molar-refractivity contribution in [3.05, 3.63) is 12.2 Å². The second kappa shape index (κ2) is 4.70. The summed E-state index contributed by atoms with van der Waals surface area (Å²) in [7, 11) is -0.803. The molecule has 0 saturated heterocycles. The first-order valence-electron chi connectivity index (χ1n) is 3.39. The smallest absolute Gasteiger partial charge is 0.203 e. The van der Waals surface area contributed by atoms with Crippen LogP contribution in [0.3, 0.4) is 0 Å². The highest BCUT2D eigenvalue weighted by atomic mass is 31.2. The molecular weight excluding hydrogens is 147 g/mol. The van der Waals surface area contributed by atoms with Crippen molar-refractivity contribution in [3.63, 3.8) is 0 Å². The molecule has 0 bridgehead atoms. The molecule has 0 saturated carbocycles. The molecule has 3 heteroatoms. The zero-order valence-electron chi connectivity index (χ0n) is 6.83. The molecule has 0 aromatic carbocycles. The van der Waals surface area contributed by atoms with Gasteiger partial charge in [-0.3, -0.25) is 4.57 Å². The predicted octanol–water partition coefficient (Wildman–Crippen LogP) is 2.51. The van der Waals surface area contributed by atoms with Gasteiger partial charge in [-0.25, -0.2) is 0 Å². The van der Waals surface area contributed by atoms with Crippen LogP contribution in [0.5, 0.6) is 0 Å². The first-order chi connectivity index (χ1) is 4.62. The van der Waals surface area contributed by atoms with Crippen LogP contribution in [0, 0.1) is 0 Å². The Hall–Kier alpha value is -0.0700. The maximum absolute atomic E-state index is 11.2. The Kier molecular flexibility index (Phi) is 4.67. The Bertz CT molecular complexity index is 152. The third kappa shape index (κ3) is 4.78. The third-order valence-corrected chi connectivity index (χ3v) is 2.87. The molecule has 0 spiro atoms. The molecular formula is C7H15O2P. The van der Waals surface area contributed by atoms with E-state index >= 15 is 0 Å². The van der Waals surface area contributed by atoms with Crippen LogP contribution >= 0.6 is 7.37 Å². The van der Waals surface area contributed by atoms with Gasteiger partial charge in [-0.05, 0) is 6.42 Å². The quantitative estimate of drug-likeness (QED) is 0.469. The van der Waals surface area contributed by atoms with Crippen LogP contribution in [-0.2, 0) is 9.09 Å². The lowest BCUT2D eigenvalue weighted by Crippen LogP contribution is -1.85. The summed E-state index contributed by atoms with van der Waals surface area (Å²) in [6.07, 6.45) is 5.44. The molecule has 0 aromatic rings. The van der Waals surface area contributed by atoms with Crippen molar-refractivity contribution in [1.82, 2.24) is 0 Å². The fraction of sp³-hybridized carbons (Fsp3) is 0.714. The molecule has 1 atom stereocenters.